The molecule has 0 aliphatic carbocycles. The van der Waals surface area contributed by atoms with Gasteiger partial charge < -0.3 is 10.6 Å². The van der Waals surface area contributed by atoms with Crippen molar-refractivity contribution >= 4 is 5.69 Å². The summed E-state index contributed by atoms with van der Waals surface area (Å²) in [5, 5.41) is 0. The number of halogens is 1. The fraction of sp³-hybridized carbons (Fsp3) is 0.538. The van der Waals surface area contributed by atoms with Crippen molar-refractivity contribution in [3.05, 3.63) is 29.6 Å². The Morgan fingerprint density at radius 3 is 2.44 bits per heavy atom. The molecule has 3 heteroatoms. The Morgan fingerprint density at radius 1 is 1.12 bits per heavy atom. The number of benzene rings is 1. The molecule has 0 saturated carbocycles. The monoisotopic (exact) mass is 222 g/mol. The maximum atomic E-state index is 13.3. The highest BCUT2D eigenvalue weighted by atomic mass is 19.1. The van der Waals surface area contributed by atoms with E-state index in [9.17, 15) is 4.39 Å². The second kappa shape index (κ2) is 5.30. The predicted octanol–water partition coefficient (Wildman–Crippen LogP) is 2.66. The summed E-state index contributed by atoms with van der Waals surface area (Å²) < 4.78 is 13.3. The van der Waals surface area contributed by atoms with Crippen LogP contribution in [0, 0.1) is 5.82 Å². The van der Waals surface area contributed by atoms with E-state index in [4.69, 9.17) is 5.73 Å². The molecule has 1 aliphatic rings. The average Bonchev–Trinajstić information content (AvgIpc) is 2.58. The minimum absolute atomic E-state index is 0.193. The van der Waals surface area contributed by atoms with E-state index < -0.39 is 0 Å². The first-order chi connectivity index (χ1) is 7.81. The molecule has 0 radical (unpaired) electrons. The van der Waals surface area contributed by atoms with Crippen molar-refractivity contribution in [2.45, 2.75) is 32.2 Å². The molecule has 1 aliphatic heterocycles. The Labute approximate surface area is 96.2 Å². The lowest BCUT2D eigenvalue weighted by molar-refractivity contribution is 0.610. The van der Waals surface area contributed by atoms with Crippen molar-refractivity contribution in [1.29, 1.82) is 0 Å². The van der Waals surface area contributed by atoms with Gasteiger partial charge in [0, 0.05) is 30.9 Å². The molecule has 2 nitrogen and oxygen atoms in total. The summed E-state index contributed by atoms with van der Waals surface area (Å²) in [5.74, 6) is -0.193. The summed E-state index contributed by atoms with van der Waals surface area (Å²) in [5.41, 5.74) is 7.25. The zero-order chi connectivity index (χ0) is 11.4. The second-order valence-electron chi connectivity index (χ2n) is 4.38. The van der Waals surface area contributed by atoms with Gasteiger partial charge in [0.2, 0.25) is 0 Å². The minimum atomic E-state index is -0.193. The van der Waals surface area contributed by atoms with Gasteiger partial charge in [-0.05, 0) is 31.0 Å². The first kappa shape index (κ1) is 11.4. The second-order valence-corrected chi connectivity index (χ2v) is 4.38. The molecule has 2 N–H and O–H groups in total. The predicted molar refractivity (Wildman–Crippen MR) is 65.0 cm³/mol. The molecule has 0 bridgehead atoms. The maximum Gasteiger partial charge on any atom is 0.127 e. The molecule has 1 aromatic carbocycles. The van der Waals surface area contributed by atoms with Gasteiger partial charge in [0.15, 0.2) is 0 Å². The normalized spacial score (nSPS) is 17.2. The largest absolute Gasteiger partial charge is 0.372 e. The van der Waals surface area contributed by atoms with Crippen molar-refractivity contribution in [1.82, 2.24) is 0 Å². The Balaban J connectivity index is 2.18. The van der Waals surface area contributed by atoms with E-state index in [0.717, 1.165) is 18.8 Å². The molecule has 0 spiro atoms. The topological polar surface area (TPSA) is 29.3 Å². The van der Waals surface area contributed by atoms with Crippen LogP contribution < -0.4 is 10.6 Å². The molecule has 0 unspecified atom stereocenters. The van der Waals surface area contributed by atoms with Gasteiger partial charge in [-0.15, -0.1) is 0 Å². The van der Waals surface area contributed by atoms with E-state index in [1.165, 1.54) is 31.7 Å². The lowest BCUT2D eigenvalue weighted by Gasteiger charge is -2.23. The average molecular weight is 222 g/mol. The van der Waals surface area contributed by atoms with Gasteiger partial charge in [-0.25, -0.2) is 4.39 Å². The number of hydrogen-bond acceptors (Lipinski definition) is 2. The standard InChI is InChI=1S/C13H19FN2/c14-13-6-5-12(9-11(13)10-15)16-7-3-1-2-4-8-16/h5-6,9H,1-4,7-8,10,15H2. The zero-order valence-corrected chi connectivity index (χ0v) is 9.58. The molecular formula is C13H19FN2. The summed E-state index contributed by atoms with van der Waals surface area (Å²) in [4.78, 5) is 2.34. The molecule has 2 rings (SSSR count). The minimum Gasteiger partial charge on any atom is -0.372 e. The van der Waals surface area contributed by atoms with Crippen LogP contribution in [0.2, 0.25) is 0 Å². The summed E-state index contributed by atoms with van der Waals surface area (Å²) in [6.45, 7) is 2.43. The molecule has 1 saturated heterocycles. The molecule has 0 amide bonds. The highest BCUT2D eigenvalue weighted by Gasteiger charge is 2.11. The maximum absolute atomic E-state index is 13.3. The van der Waals surface area contributed by atoms with Gasteiger partial charge in [-0.3, -0.25) is 0 Å². The Kier molecular flexibility index (Phi) is 3.78. The molecule has 1 heterocycles. The van der Waals surface area contributed by atoms with E-state index in [1.54, 1.807) is 0 Å². The molecule has 88 valence electrons. The number of hydrogen-bond donors (Lipinski definition) is 1. The molecular weight excluding hydrogens is 203 g/mol. The van der Waals surface area contributed by atoms with Crippen molar-refractivity contribution in [3.8, 4) is 0 Å². The Bertz CT molecular complexity index is 344. The van der Waals surface area contributed by atoms with Gasteiger partial charge in [0.25, 0.3) is 0 Å². The van der Waals surface area contributed by atoms with E-state index >= 15 is 0 Å². The molecule has 1 aromatic rings. The summed E-state index contributed by atoms with van der Waals surface area (Å²) in [7, 11) is 0. The van der Waals surface area contributed by atoms with E-state index in [0.29, 0.717) is 5.56 Å². The quantitative estimate of drug-likeness (QED) is 0.833. The van der Waals surface area contributed by atoms with Crippen molar-refractivity contribution < 1.29 is 4.39 Å². The summed E-state index contributed by atoms with van der Waals surface area (Å²) in [6, 6.07) is 5.28. The SMILES string of the molecule is NCc1cc(N2CCCCCC2)ccc1F. The van der Waals surface area contributed by atoms with Crippen molar-refractivity contribution in [3.63, 3.8) is 0 Å². The van der Waals surface area contributed by atoms with Crippen molar-refractivity contribution in [2.24, 2.45) is 5.73 Å². The summed E-state index contributed by atoms with van der Waals surface area (Å²) in [6.07, 6.45) is 5.08. The van der Waals surface area contributed by atoms with Crippen LogP contribution in [0.15, 0.2) is 18.2 Å². The van der Waals surface area contributed by atoms with Crippen LogP contribution in [0.4, 0.5) is 10.1 Å². The molecule has 0 atom stereocenters. The third-order valence-electron chi connectivity index (χ3n) is 3.22. The first-order valence-corrected chi connectivity index (χ1v) is 6.04. The van der Waals surface area contributed by atoms with Gasteiger partial charge >= 0.3 is 0 Å². The third kappa shape index (κ3) is 2.53. The third-order valence-corrected chi connectivity index (χ3v) is 3.22. The highest BCUT2D eigenvalue weighted by molar-refractivity contribution is 5.49. The number of rotatable bonds is 2. The lowest BCUT2D eigenvalue weighted by Crippen LogP contribution is -2.24. The number of nitrogens with zero attached hydrogens (tertiary/aromatic N) is 1. The van der Waals surface area contributed by atoms with Crippen LogP contribution in [0.1, 0.15) is 31.2 Å². The smallest absolute Gasteiger partial charge is 0.127 e. The van der Waals surface area contributed by atoms with Crippen molar-refractivity contribution in [2.75, 3.05) is 18.0 Å². The fourth-order valence-corrected chi connectivity index (χ4v) is 2.24. The Morgan fingerprint density at radius 2 is 1.81 bits per heavy atom. The summed E-state index contributed by atoms with van der Waals surface area (Å²) >= 11 is 0. The number of nitrogens with two attached hydrogens (primary N) is 1. The Hall–Kier alpha value is -1.09. The van der Waals surface area contributed by atoms with Crippen LogP contribution in [0.3, 0.4) is 0 Å². The lowest BCUT2D eigenvalue weighted by atomic mass is 10.1. The van der Waals surface area contributed by atoms with Gasteiger partial charge in [0.05, 0.1) is 0 Å². The first-order valence-electron chi connectivity index (χ1n) is 6.04. The zero-order valence-electron chi connectivity index (χ0n) is 9.58. The van der Waals surface area contributed by atoms with Crippen LogP contribution in [-0.2, 0) is 6.54 Å². The van der Waals surface area contributed by atoms with Gasteiger partial charge in [0.1, 0.15) is 5.82 Å². The molecule has 0 aromatic heterocycles. The van der Waals surface area contributed by atoms with Crippen LogP contribution in [-0.4, -0.2) is 13.1 Å². The van der Waals surface area contributed by atoms with Crippen LogP contribution >= 0.6 is 0 Å². The van der Waals surface area contributed by atoms with Gasteiger partial charge in [-0.2, -0.15) is 0 Å². The van der Waals surface area contributed by atoms with Crippen LogP contribution in [0.25, 0.3) is 0 Å². The van der Waals surface area contributed by atoms with Crippen LogP contribution in [0.5, 0.6) is 0 Å². The number of anilines is 1. The highest BCUT2D eigenvalue weighted by Crippen LogP contribution is 2.22. The van der Waals surface area contributed by atoms with E-state index in [-0.39, 0.29) is 12.4 Å². The van der Waals surface area contributed by atoms with E-state index in [1.807, 2.05) is 12.1 Å². The van der Waals surface area contributed by atoms with E-state index in [2.05, 4.69) is 4.90 Å². The molecule has 16 heavy (non-hydrogen) atoms. The fourth-order valence-electron chi connectivity index (χ4n) is 2.24. The molecule has 1 fully saturated rings. The van der Waals surface area contributed by atoms with Gasteiger partial charge in [-0.1, -0.05) is 12.8 Å².